The van der Waals surface area contributed by atoms with Crippen LogP contribution in [0, 0.1) is 0 Å². The van der Waals surface area contributed by atoms with Gasteiger partial charge in [-0.1, -0.05) is 0 Å². The second kappa shape index (κ2) is 3.77. The van der Waals surface area contributed by atoms with Gasteiger partial charge in [0.1, 0.15) is 12.0 Å². The molecule has 1 heterocycles. The van der Waals surface area contributed by atoms with Crippen LogP contribution >= 0.6 is 0 Å². The molecule has 0 saturated carbocycles. The van der Waals surface area contributed by atoms with Crippen LogP contribution in [0.25, 0.3) is 0 Å². The van der Waals surface area contributed by atoms with Gasteiger partial charge >= 0.3 is 0 Å². The molecule has 0 N–H and O–H groups in total. The van der Waals surface area contributed by atoms with Crippen LogP contribution in [0.1, 0.15) is 10.5 Å². The number of hydrogen-bond acceptors (Lipinski definition) is 4. The summed E-state index contributed by atoms with van der Waals surface area (Å²) in [5, 5.41) is 1.10. The molecular formula is C7H9N3O2. The summed E-state index contributed by atoms with van der Waals surface area (Å²) in [6, 6.07) is 1.53. The predicted molar refractivity (Wildman–Crippen MR) is 41.1 cm³/mol. The molecule has 0 bridgehead atoms. The van der Waals surface area contributed by atoms with Crippen LogP contribution in [0.5, 0.6) is 0 Å². The van der Waals surface area contributed by atoms with Crippen LogP contribution in [-0.4, -0.2) is 35.1 Å². The lowest BCUT2D eigenvalue weighted by molar-refractivity contribution is -0.0760. The smallest absolute Gasteiger partial charge is 0.274 e. The number of carbonyl (C=O) groups excluding carboxylic acids is 1. The lowest BCUT2D eigenvalue weighted by Gasteiger charge is -2.11. The summed E-state index contributed by atoms with van der Waals surface area (Å²) in [5.74, 6) is -0.292. The fourth-order valence-electron chi connectivity index (χ4n) is 0.661. The van der Waals surface area contributed by atoms with Crippen molar-refractivity contribution < 1.29 is 9.63 Å². The second-order valence-corrected chi connectivity index (χ2v) is 2.08. The molecule has 1 aromatic rings. The SMILES string of the molecule is CON(C)C(=O)c1ccncn1. The molecule has 0 aromatic carbocycles. The molecule has 64 valence electrons. The van der Waals surface area contributed by atoms with Gasteiger partial charge in [0.05, 0.1) is 7.11 Å². The van der Waals surface area contributed by atoms with Crippen molar-refractivity contribution in [3.05, 3.63) is 24.3 Å². The normalized spacial score (nSPS) is 9.50. The summed E-state index contributed by atoms with van der Waals surface area (Å²) < 4.78 is 0. The summed E-state index contributed by atoms with van der Waals surface area (Å²) in [4.78, 5) is 23.4. The van der Waals surface area contributed by atoms with E-state index in [1.54, 1.807) is 0 Å². The minimum atomic E-state index is -0.292. The van der Waals surface area contributed by atoms with Gasteiger partial charge in [0.2, 0.25) is 0 Å². The molecule has 1 aromatic heterocycles. The number of rotatable bonds is 2. The maximum absolute atomic E-state index is 11.3. The van der Waals surface area contributed by atoms with E-state index < -0.39 is 0 Å². The first-order valence-electron chi connectivity index (χ1n) is 3.34. The standard InChI is InChI=1S/C7H9N3O2/c1-10(12-2)7(11)6-3-4-8-5-9-6/h3-5H,1-2H3. The van der Waals surface area contributed by atoms with Crippen LogP contribution in [0.4, 0.5) is 0 Å². The Morgan fingerprint density at radius 3 is 2.92 bits per heavy atom. The third kappa shape index (κ3) is 1.76. The third-order valence-electron chi connectivity index (χ3n) is 1.36. The highest BCUT2D eigenvalue weighted by Crippen LogP contribution is 1.96. The van der Waals surface area contributed by atoms with Gasteiger partial charge in [-0.2, -0.15) is 0 Å². The zero-order chi connectivity index (χ0) is 8.97. The highest BCUT2D eigenvalue weighted by Gasteiger charge is 2.11. The van der Waals surface area contributed by atoms with Crippen molar-refractivity contribution in [3.63, 3.8) is 0 Å². The Morgan fingerprint density at radius 2 is 2.42 bits per heavy atom. The number of hydrogen-bond donors (Lipinski definition) is 0. The van der Waals surface area contributed by atoms with Crippen molar-refractivity contribution in [1.82, 2.24) is 15.0 Å². The Balaban J connectivity index is 2.79. The highest BCUT2D eigenvalue weighted by atomic mass is 16.7. The molecule has 1 amide bonds. The van der Waals surface area contributed by atoms with Crippen molar-refractivity contribution in [2.45, 2.75) is 0 Å². The molecule has 0 fully saturated rings. The summed E-state index contributed by atoms with van der Waals surface area (Å²) in [6.07, 6.45) is 2.82. The maximum atomic E-state index is 11.3. The lowest BCUT2D eigenvalue weighted by atomic mass is 10.4. The zero-order valence-electron chi connectivity index (χ0n) is 6.89. The fourth-order valence-corrected chi connectivity index (χ4v) is 0.661. The fraction of sp³-hybridized carbons (Fsp3) is 0.286. The molecule has 0 saturated heterocycles. The van der Waals surface area contributed by atoms with Gasteiger partial charge in [-0.3, -0.25) is 9.63 Å². The van der Waals surface area contributed by atoms with E-state index in [0.717, 1.165) is 5.06 Å². The van der Waals surface area contributed by atoms with E-state index in [4.69, 9.17) is 0 Å². The van der Waals surface area contributed by atoms with Crippen molar-refractivity contribution in [3.8, 4) is 0 Å². The van der Waals surface area contributed by atoms with E-state index >= 15 is 0 Å². The molecule has 0 aliphatic heterocycles. The minimum Gasteiger partial charge on any atom is -0.274 e. The monoisotopic (exact) mass is 167 g/mol. The Hall–Kier alpha value is -1.49. The van der Waals surface area contributed by atoms with Crippen molar-refractivity contribution in [2.75, 3.05) is 14.2 Å². The second-order valence-electron chi connectivity index (χ2n) is 2.08. The Kier molecular flexibility index (Phi) is 2.71. The van der Waals surface area contributed by atoms with Crippen LogP contribution < -0.4 is 0 Å². The van der Waals surface area contributed by atoms with Gasteiger partial charge in [0.25, 0.3) is 5.91 Å². The average Bonchev–Trinajstić information content (AvgIpc) is 2.17. The largest absolute Gasteiger partial charge is 0.295 e. The quantitative estimate of drug-likeness (QED) is 0.586. The third-order valence-corrected chi connectivity index (χ3v) is 1.36. The first-order chi connectivity index (χ1) is 5.75. The number of hydroxylamine groups is 2. The average molecular weight is 167 g/mol. The molecule has 0 radical (unpaired) electrons. The topological polar surface area (TPSA) is 55.3 Å². The highest BCUT2D eigenvalue weighted by molar-refractivity contribution is 5.91. The van der Waals surface area contributed by atoms with E-state index in [1.165, 1.54) is 32.7 Å². The summed E-state index contributed by atoms with van der Waals surface area (Å²) >= 11 is 0. The Morgan fingerprint density at radius 1 is 1.67 bits per heavy atom. The van der Waals surface area contributed by atoms with Gasteiger partial charge in [0.15, 0.2) is 0 Å². The van der Waals surface area contributed by atoms with Crippen LogP contribution in [0.3, 0.4) is 0 Å². The molecule has 0 aliphatic rings. The molecule has 12 heavy (non-hydrogen) atoms. The zero-order valence-corrected chi connectivity index (χ0v) is 6.89. The van der Waals surface area contributed by atoms with Gasteiger partial charge in [-0.05, 0) is 6.07 Å². The first kappa shape index (κ1) is 8.61. The molecule has 5 nitrogen and oxygen atoms in total. The van der Waals surface area contributed by atoms with Crippen molar-refractivity contribution in [2.24, 2.45) is 0 Å². The molecule has 0 aliphatic carbocycles. The molecule has 5 heteroatoms. The Bertz CT molecular complexity index is 263. The van der Waals surface area contributed by atoms with Gasteiger partial charge in [-0.25, -0.2) is 15.0 Å². The lowest BCUT2D eigenvalue weighted by Crippen LogP contribution is -2.26. The number of aromatic nitrogens is 2. The van der Waals surface area contributed by atoms with E-state index in [-0.39, 0.29) is 5.91 Å². The van der Waals surface area contributed by atoms with Crippen molar-refractivity contribution in [1.29, 1.82) is 0 Å². The molecule has 0 atom stereocenters. The van der Waals surface area contributed by atoms with Gasteiger partial charge in [0, 0.05) is 13.2 Å². The van der Waals surface area contributed by atoms with Crippen LogP contribution in [0.2, 0.25) is 0 Å². The van der Waals surface area contributed by atoms with E-state index in [9.17, 15) is 4.79 Å². The van der Waals surface area contributed by atoms with E-state index in [0.29, 0.717) is 5.69 Å². The Labute approximate surface area is 70.0 Å². The van der Waals surface area contributed by atoms with E-state index in [2.05, 4.69) is 14.8 Å². The predicted octanol–water partition coefficient (Wildman–Crippen LogP) is 0.110. The van der Waals surface area contributed by atoms with Crippen LogP contribution in [-0.2, 0) is 4.84 Å². The number of carbonyl (C=O) groups is 1. The molecule has 0 spiro atoms. The molecule has 1 rings (SSSR count). The van der Waals surface area contributed by atoms with Crippen molar-refractivity contribution >= 4 is 5.91 Å². The maximum Gasteiger partial charge on any atom is 0.295 e. The number of amides is 1. The summed E-state index contributed by atoms with van der Waals surface area (Å²) in [7, 11) is 2.93. The first-order valence-corrected chi connectivity index (χ1v) is 3.34. The van der Waals surface area contributed by atoms with Gasteiger partial charge < -0.3 is 0 Å². The van der Waals surface area contributed by atoms with E-state index in [1.807, 2.05) is 0 Å². The minimum absolute atomic E-state index is 0.292. The van der Waals surface area contributed by atoms with Crippen LogP contribution in [0.15, 0.2) is 18.6 Å². The summed E-state index contributed by atoms with van der Waals surface area (Å²) in [6.45, 7) is 0. The molecular weight excluding hydrogens is 158 g/mol. The number of nitrogens with zero attached hydrogens (tertiary/aromatic N) is 3. The summed E-state index contributed by atoms with van der Waals surface area (Å²) in [5.41, 5.74) is 0.314. The van der Waals surface area contributed by atoms with Gasteiger partial charge in [-0.15, -0.1) is 0 Å². The molecule has 0 unspecified atom stereocenters.